The Morgan fingerprint density at radius 1 is 1.04 bits per heavy atom. The van der Waals surface area contributed by atoms with E-state index in [1.54, 1.807) is 18.2 Å². The highest BCUT2D eigenvalue weighted by atomic mass is 35.5. The van der Waals surface area contributed by atoms with Crippen LogP contribution in [0.15, 0.2) is 60.7 Å². The zero-order chi connectivity index (χ0) is 17.6. The first-order chi connectivity index (χ1) is 12.1. The molecule has 0 unspecified atom stereocenters. The maximum absolute atomic E-state index is 11.3. The second kappa shape index (κ2) is 7.77. The van der Waals surface area contributed by atoms with Gasteiger partial charge in [0.05, 0.1) is 5.69 Å². The number of benzene rings is 2. The molecular weight excluding hydrogens is 336 g/mol. The Morgan fingerprint density at radius 3 is 2.60 bits per heavy atom. The van der Waals surface area contributed by atoms with Crippen LogP contribution in [-0.4, -0.2) is 22.6 Å². The minimum atomic E-state index is -0.465. The van der Waals surface area contributed by atoms with Gasteiger partial charge in [-0.3, -0.25) is 4.79 Å². The molecular formula is C19H17ClN4O. The predicted octanol–water partition coefficient (Wildman–Crippen LogP) is 3.55. The number of carbonyl (C=O) groups is 1. The fourth-order valence-electron chi connectivity index (χ4n) is 2.44. The standard InChI is InChI=1S/C19H17ClN4O/c20-16-7-2-1-4-13(16)10-11-22-18-9-8-17(23-24-18)14-5-3-6-15(12-14)19(21)25/h1-9,12H,10-11H2,(H2,21,25)(H,22,24). The van der Waals surface area contributed by atoms with Crippen molar-refractivity contribution in [3.05, 3.63) is 76.8 Å². The molecule has 3 aromatic rings. The van der Waals surface area contributed by atoms with Gasteiger partial charge in [-0.15, -0.1) is 10.2 Å². The molecule has 0 radical (unpaired) electrons. The molecule has 5 nitrogen and oxygen atoms in total. The van der Waals surface area contributed by atoms with Gasteiger partial charge in [-0.25, -0.2) is 0 Å². The number of rotatable bonds is 6. The van der Waals surface area contributed by atoms with Crippen molar-refractivity contribution in [1.82, 2.24) is 10.2 Å². The summed E-state index contributed by atoms with van der Waals surface area (Å²) >= 11 is 6.14. The van der Waals surface area contributed by atoms with Crippen LogP contribution in [0.4, 0.5) is 5.82 Å². The molecule has 0 bridgehead atoms. The number of nitrogens with one attached hydrogen (secondary N) is 1. The van der Waals surface area contributed by atoms with Crippen LogP contribution < -0.4 is 11.1 Å². The lowest BCUT2D eigenvalue weighted by Gasteiger charge is -2.07. The van der Waals surface area contributed by atoms with E-state index in [0.29, 0.717) is 23.6 Å². The van der Waals surface area contributed by atoms with Crippen molar-refractivity contribution < 1.29 is 4.79 Å². The fourth-order valence-corrected chi connectivity index (χ4v) is 2.67. The van der Waals surface area contributed by atoms with E-state index in [2.05, 4.69) is 15.5 Å². The summed E-state index contributed by atoms with van der Waals surface area (Å²) in [6.45, 7) is 0.703. The Labute approximate surface area is 150 Å². The van der Waals surface area contributed by atoms with Gasteiger partial charge in [-0.05, 0) is 42.3 Å². The van der Waals surface area contributed by atoms with E-state index in [1.807, 2.05) is 42.5 Å². The normalized spacial score (nSPS) is 10.4. The maximum atomic E-state index is 11.3. The molecule has 0 spiro atoms. The van der Waals surface area contributed by atoms with Crippen molar-refractivity contribution in [2.45, 2.75) is 6.42 Å². The monoisotopic (exact) mass is 352 g/mol. The number of amides is 1. The van der Waals surface area contributed by atoms with Gasteiger partial charge in [0, 0.05) is 22.7 Å². The molecule has 1 amide bonds. The summed E-state index contributed by atoms with van der Waals surface area (Å²) in [6, 6.07) is 18.5. The first kappa shape index (κ1) is 16.9. The van der Waals surface area contributed by atoms with E-state index in [-0.39, 0.29) is 0 Å². The summed E-state index contributed by atoms with van der Waals surface area (Å²) in [6.07, 6.45) is 0.795. The zero-order valence-electron chi connectivity index (χ0n) is 13.4. The first-order valence-corrected chi connectivity index (χ1v) is 8.22. The minimum Gasteiger partial charge on any atom is -0.368 e. The minimum absolute atomic E-state index is 0.446. The molecule has 2 aromatic carbocycles. The van der Waals surface area contributed by atoms with Gasteiger partial charge >= 0.3 is 0 Å². The zero-order valence-corrected chi connectivity index (χ0v) is 14.2. The molecule has 25 heavy (non-hydrogen) atoms. The number of carbonyl (C=O) groups excluding carboxylic acids is 1. The predicted molar refractivity (Wildman–Crippen MR) is 99.6 cm³/mol. The molecule has 126 valence electrons. The van der Waals surface area contributed by atoms with Gasteiger partial charge in [0.25, 0.3) is 0 Å². The van der Waals surface area contributed by atoms with Crippen LogP contribution in [0.5, 0.6) is 0 Å². The van der Waals surface area contributed by atoms with Gasteiger partial charge in [0.2, 0.25) is 5.91 Å². The Kier molecular flexibility index (Phi) is 5.26. The molecule has 0 saturated carbocycles. The highest BCUT2D eigenvalue weighted by Crippen LogP contribution is 2.19. The summed E-state index contributed by atoms with van der Waals surface area (Å²) in [7, 11) is 0. The van der Waals surface area contributed by atoms with Crippen LogP contribution in [0.1, 0.15) is 15.9 Å². The first-order valence-electron chi connectivity index (χ1n) is 7.85. The molecule has 6 heteroatoms. The lowest BCUT2D eigenvalue weighted by molar-refractivity contribution is 0.100. The maximum Gasteiger partial charge on any atom is 0.248 e. The Morgan fingerprint density at radius 2 is 1.88 bits per heavy atom. The summed E-state index contributed by atoms with van der Waals surface area (Å²) in [5.41, 5.74) is 8.31. The molecule has 3 N–H and O–H groups in total. The smallest absolute Gasteiger partial charge is 0.248 e. The number of nitrogens with two attached hydrogens (primary N) is 1. The second-order valence-corrected chi connectivity index (χ2v) is 5.92. The number of anilines is 1. The molecule has 1 aromatic heterocycles. The fraction of sp³-hybridized carbons (Fsp3) is 0.105. The van der Waals surface area contributed by atoms with Gasteiger partial charge < -0.3 is 11.1 Å². The lowest BCUT2D eigenvalue weighted by atomic mass is 10.1. The molecule has 0 aliphatic rings. The number of hydrogen-bond donors (Lipinski definition) is 2. The number of hydrogen-bond acceptors (Lipinski definition) is 4. The summed E-state index contributed by atoms with van der Waals surface area (Å²) in [5.74, 6) is 0.217. The summed E-state index contributed by atoms with van der Waals surface area (Å²) in [4.78, 5) is 11.3. The highest BCUT2D eigenvalue weighted by molar-refractivity contribution is 6.31. The lowest BCUT2D eigenvalue weighted by Crippen LogP contribution is -2.10. The van der Waals surface area contributed by atoms with Crippen LogP contribution in [0.25, 0.3) is 11.3 Å². The average Bonchev–Trinajstić information content (AvgIpc) is 2.64. The number of aromatic nitrogens is 2. The molecule has 1 heterocycles. The second-order valence-electron chi connectivity index (χ2n) is 5.52. The van der Waals surface area contributed by atoms with Crippen molar-refractivity contribution >= 4 is 23.3 Å². The molecule has 0 fully saturated rings. The van der Waals surface area contributed by atoms with Crippen molar-refractivity contribution in [2.24, 2.45) is 5.73 Å². The number of halogens is 1. The third-order valence-electron chi connectivity index (χ3n) is 3.77. The third-order valence-corrected chi connectivity index (χ3v) is 4.13. The van der Waals surface area contributed by atoms with Crippen LogP contribution in [0, 0.1) is 0 Å². The van der Waals surface area contributed by atoms with E-state index in [0.717, 1.165) is 22.6 Å². The average molecular weight is 353 g/mol. The van der Waals surface area contributed by atoms with E-state index in [4.69, 9.17) is 17.3 Å². The van der Waals surface area contributed by atoms with Crippen molar-refractivity contribution in [1.29, 1.82) is 0 Å². The van der Waals surface area contributed by atoms with Gasteiger partial charge in [-0.1, -0.05) is 41.9 Å². The number of nitrogens with zero attached hydrogens (tertiary/aromatic N) is 2. The Bertz CT molecular complexity index is 881. The largest absolute Gasteiger partial charge is 0.368 e. The Balaban J connectivity index is 1.63. The SMILES string of the molecule is NC(=O)c1cccc(-c2ccc(NCCc3ccccc3Cl)nn2)c1. The quantitative estimate of drug-likeness (QED) is 0.710. The van der Waals surface area contributed by atoms with Crippen LogP contribution in [-0.2, 0) is 6.42 Å². The molecule has 0 aliphatic carbocycles. The van der Waals surface area contributed by atoms with Gasteiger partial charge in [0.1, 0.15) is 5.82 Å². The van der Waals surface area contributed by atoms with Crippen LogP contribution in [0.3, 0.4) is 0 Å². The van der Waals surface area contributed by atoms with Crippen molar-refractivity contribution in [2.75, 3.05) is 11.9 Å². The van der Waals surface area contributed by atoms with Crippen LogP contribution in [0.2, 0.25) is 5.02 Å². The van der Waals surface area contributed by atoms with Gasteiger partial charge in [-0.2, -0.15) is 0 Å². The van der Waals surface area contributed by atoms with Crippen LogP contribution >= 0.6 is 11.6 Å². The molecule has 0 atom stereocenters. The molecule has 3 rings (SSSR count). The van der Waals surface area contributed by atoms with Crippen molar-refractivity contribution in [3.8, 4) is 11.3 Å². The van der Waals surface area contributed by atoms with Crippen molar-refractivity contribution in [3.63, 3.8) is 0 Å². The summed E-state index contributed by atoms with van der Waals surface area (Å²) < 4.78 is 0. The van der Waals surface area contributed by atoms with E-state index in [9.17, 15) is 4.79 Å². The van der Waals surface area contributed by atoms with E-state index in [1.165, 1.54) is 0 Å². The van der Waals surface area contributed by atoms with E-state index >= 15 is 0 Å². The Hall–Kier alpha value is -2.92. The highest BCUT2D eigenvalue weighted by Gasteiger charge is 2.05. The molecule has 0 saturated heterocycles. The summed E-state index contributed by atoms with van der Waals surface area (Å²) in [5, 5.41) is 12.4. The van der Waals surface area contributed by atoms with E-state index < -0.39 is 5.91 Å². The number of primary amides is 1. The third kappa shape index (κ3) is 4.33. The molecule has 0 aliphatic heterocycles. The van der Waals surface area contributed by atoms with Gasteiger partial charge in [0.15, 0.2) is 0 Å². The topological polar surface area (TPSA) is 80.9 Å².